The number of morpholine rings is 1. The van der Waals surface area contributed by atoms with Gasteiger partial charge >= 0.3 is 0 Å². The van der Waals surface area contributed by atoms with Crippen LogP contribution in [-0.2, 0) is 22.5 Å². The van der Waals surface area contributed by atoms with Crippen LogP contribution in [0.2, 0.25) is 0 Å². The molecule has 0 aliphatic carbocycles. The first kappa shape index (κ1) is 19.3. The van der Waals surface area contributed by atoms with E-state index in [9.17, 15) is 4.79 Å². The summed E-state index contributed by atoms with van der Waals surface area (Å²) < 4.78 is 11.2. The van der Waals surface area contributed by atoms with Crippen molar-refractivity contribution in [2.75, 3.05) is 39.5 Å². The molecule has 1 aromatic carbocycles. The van der Waals surface area contributed by atoms with Crippen LogP contribution in [0.1, 0.15) is 17.7 Å². The van der Waals surface area contributed by atoms with Crippen molar-refractivity contribution in [1.29, 1.82) is 0 Å². The van der Waals surface area contributed by atoms with Crippen molar-refractivity contribution in [2.45, 2.75) is 19.4 Å². The van der Waals surface area contributed by atoms with Gasteiger partial charge in [0, 0.05) is 44.5 Å². The Morgan fingerprint density at radius 2 is 2.07 bits per heavy atom. The van der Waals surface area contributed by atoms with Gasteiger partial charge < -0.3 is 14.8 Å². The molecule has 0 atom stereocenters. The number of benzene rings is 1. The molecule has 0 unspecified atom stereocenters. The predicted molar refractivity (Wildman–Crippen MR) is 104 cm³/mol. The number of aromatic nitrogens is 1. The average Bonchev–Trinajstić information content (AvgIpc) is 2.73. The molecule has 27 heavy (non-hydrogen) atoms. The minimum absolute atomic E-state index is 0.0271. The van der Waals surface area contributed by atoms with Gasteiger partial charge in [0.05, 0.1) is 13.2 Å². The average molecular weight is 369 g/mol. The molecule has 1 aliphatic rings. The molecule has 6 nitrogen and oxygen atoms in total. The van der Waals surface area contributed by atoms with Crippen molar-refractivity contribution in [3.05, 3.63) is 59.9 Å². The van der Waals surface area contributed by atoms with Crippen molar-refractivity contribution in [3.8, 4) is 5.75 Å². The first-order valence-corrected chi connectivity index (χ1v) is 9.48. The number of hydrogen-bond donors (Lipinski definition) is 1. The SMILES string of the molecule is O=C(CCc1ccccn1)NCc1cccc(OCCN2CCOCC2)c1. The summed E-state index contributed by atoms with van der Waals surface area (Å²) in [5, 5.41) is 2.96. The fourth-order valence-corrected chi connectivity index (χ4v) is 2.94. The maximum Gasteiger partial charge on any atom is 0.220 e. The molecular weight excluding hydrogens is 342 g/mol. The van der Waals surface area contributed by atoms with Crippen LogP contribution in [0.25, 0.3) is 0 Å². The lowest BCUT2D eigenvalue weighted by molar-refractivity contribution is -0.121. The van der Waals surface area contributed by atoms with E-state index in [2.05, 4.69) is 15.2 Å². The van der Waals surface area contributed by atoms with Crippen molar-refractivity contribution >= 4 is 5.91 Å². The first-order valence-electron chi connectivity index (χ1n) is 9.48. The van der Waals surface area contributed by atoms with Crippen LogP contribution >= 0.6 is 0 Å². The molecule has 1 amide bonds. The fourth-order valence-electron chi connectivity index (χ4n) is 2.94. The highest BCUT2D eigenvalue weighted by Crippen LogP contribution is 2.13. The van der Waals surface area contributed by atoms with Gasteiger partial charge in [0.2, 0.25) is 5.91 Å². The van der Waals surface area contributed by atoms with Crippen molar-refractivity contribution in [3.63, 3.8) is 0 Å². The second kappa shape index (κ2) is 10.6. The Bertz CT molecular complexity index is 703. The van der Waals surface area contributed by atoms with Crippen LogP contribution in [0.3, 0.4) is 0 Å². The van der Waals surface area contributed by atoms with Gasteiger partial charge in [0.15, 0.2) is 0 Å². The molecule has 1 aromatic heterocycles. The van der Waals surface area contributed by atoms with Crippen molar-refractivity contribution in [2.24, 2.45) is 0 Å². The van der Waals surface area contributed by atoms with E-state index in [1.807, 2.05) is 42.5 Å². The molecule has 2 heterocycles. The Kier molecular flexibility index (Phi) is 7.62. The van der Waals surface area contributed by atoms with Crippen LogP contribution in [0.5, 0.6) is 5.75 Å². The predicted octanol–water partition coefficient (Wildman–Crippen LogP) is 2.04. The first-order chi connectivity index (χ1) is 13.3. The number of carbonyl (C=O) groups excluding carboxylic acids is 1. The smallest absolute Gasteiger partial charge is 0.220 e. The van der Waals surface area contributed by atoms with Gasteiger partial charge in [-0.05, 0) is 36.2 Å². The zero-order valence-electron chi connectivity index (χ0n) is 15.6. The van der Waals surface area contributed by atoms with Crippen LogP contribution < -0.4 is 10.1 Å². The van der Waals surface area contributed by atoms with E-state index in [1.165, 1.54) is 0 Å². The Hall–Kier alpha value is -2.44. The third kappa shape index (κ3) is 7.00. The Labute approximate surface area is 160 Å². The van der Waals surface area contributed by atoms with Crippen molar-refractivity contribution < 1.29 is 14.3 Å². The lowest BCUT2D eigenvalue weighted by Crippen LogP contribution is -2.38. The van der Waals surface area contributed by atoms with E-state index in [4.69, 9.17) is 9.47 Å². The van der Waals surface area contributed by atoms with Crippen LogP contribution in [0.4, 0.5) is 0 Å². The summed E-state index contributed by atoms with van der Waals surface area (Å²) in [4.78, 5) is 18.6. The fraction of sp³-hybridized carbons (Fsp3) is 0.429. The zero-order valence-corrected chi connectivity index (χ0v) is 15.6. The van der Waals surface area contributed by atoms with Gasteiger partial charge in [0.25, 0.3) is 0 Å². The highest BCUT2D eigenvalue weighted by molar-refractivity contribution is 5.76. The second-order valence-electron chi connectivity index (χ2n) is 6.55. The van der Waals surface area contributed by atoms with Gasteiger partial charge in [-0.25, -0.2) is 0 Å². The summed E-state index contributed by atoms with van der Waals surface area (Å²) in [5.74, 6) is 0.864. The Balaban J connectivity index is 1.37. The molecule has 2 aromatic rings. The summed E-state index contributed by atoms with van der Waals surface area (Å²) in [7, 11) is 0. The van der Waals surface area contributed by atoms with E-state index in [0.717, 1.165) is 49.9 Å². The number of aryl methyl sites for hydroxylation is 1. The van der Waals surface area contributed by atoms with Gasteiger partial charge in [0.1, 0.15) is 12.4 Å². The maximum absolute atomic E-state index is 12.0. The van der Waals surface area contributed by atoms with Gasteiger partial charge in [-0.1, -0.05) is 18.2 Å². The number of rotatable bonds is 9. The number of ether oxygens (including phenoxy) is 2. The molecule has 1 saturated heterocycles. The lowest BCUT2D eigenvalue weighted by atomic mass is 10.2. The number of amides is 1. The second-order valence-corrected chi connectivity index (χ2v) is 6.55. The molecule has 144 valence electrons. The number of hydrogen-bond acceptors (Lipinski definition) is 5. The zero-order chi connectivity index (χ0) is 18.7. The quantitative estimate of drug-likeness (QED) is 0.733. The summed E-state index contributed by atoms with van der Waals surface area (Å²) in [6.45, 7) is 5.59. The Morgan fingerprint density at radius 1 is 1.19 bits per heavy atom. The summed E-state index contributed by atoms with van der Waals surface area (Å²) in [6, 6.07) is 13.6. The van der Waals surface area contributed by atoms with E-state index < -0.39 is 0 Å². The minimum atomic E-state index is 0.0271. The number of pyridine rings is 1. The third-order valence-corrected chi connectivity index (χ3v) is 4.50. The lowest BCUT2D eigenvalue weighted by Gasteiger charge is -2.26. The van der Waals surface area contributed by atoms with Gasteiger partial charge in [-0.15, -0.1) is 0 Å². The molecule has 0 saturated carbocycles. The highest BCUT2D eigenvalue weighted by atomic mass is 16.5. The largest absolute Gasteiger partial charge is 0.492 e. The van der Waals surface area contributed by atoms with E-state index >= 15 is 0 Å². The molecule has 3 rings (SSSR count). The summed E-state index contributed by atoms with van der Waals surface area (Å²) >= 11 is 0. The Morgan fingerprint density at radius 3 is 2.89 bits per heavy atom. The van der Waals surface area contributed by atoms with Crippen LogP contribution in [0.15, 0.2) is 48.7 Å². The highest BCUT2D eigenvalue weighted by Gasteiger charge is 2.10. The van der Waals surface area contributed by atoms with E-state index in [0.29, 0.717) is 26.0 Å². The molecule has 1 N–H and O–H groups in total. The molecule has 0 bridgehead atoms. The minimum Gasteiger partial charge on any atom is -0.492 e. The summed E-state index contributed by atoms with van der Waals surface area (Å²) in [5.41, 5.74) is 1.97. The monoisotopic (exact) mass is 369 g/mol. The summed E-state index contributed by atoms with van der Waals surface area (Å²) in [6.07, 6.45) is 2.84. The van der Waals surface area contributed by atoms with Crippen LogP contribution in [0, 0.1) is 0 Å². The van der Waals surface area contributed by atoms with Gasteiger partial charge in [-0.2, -0.15) is 0 Å². The number of nitrogens with one attached hydrogen (secondary N) is 1. The molecule has 1 fully saturated rings. The molecule has 1 aliphatic heterocycles. The van der Waals surface area contributed by atoms with E-state index in [-0.39, 0.29) is 5.91 Å². The molecule has 0 spiro atoms. The standard InChI is InChI=1S/C21H27N3O3/c25-21(8-7-19-5-1-2-9-22-19)23-17-18-4-3-6-20(16-18)27-15-12-24-10-13-26-14-11-24/h1-6,9,16H,7-8,10-15,17H2,(H,23,25). The van der Waals surface area contributed by atoms with E-state index in [1.54, 1.807) is 6.20 Å². The third-order valence-electron chi connectivity index (χ3n) is 4.50. The molecular formula is C21H27N3O3. The maximum atomic E-state index is 12.0. The van der Waals surface area contributed by atoms with Gasteiger partial charge in [-0.3, -0.25) is 14.7 Å². The molecule has 6 heteroatoms. The number of nitrogens with zero attached hydrogens (tertiary/aromatic N) is 2. The topological polar surface area (TPSA) is 63.7 Å². The normalized spacial score (nSPS) is 14.7. The molecule has 0 radical (unpaired) electrons. The van der Waals surface area contributed by atoms with Crippen molar-refractivity contribution in [1.82, 2.24) is 15.2 Å². The number of carbonyl (C=O) groups is 1. The van der Waals surface area contributed by atoms with Crippen LogP contribution in [-0.4, -0.2) is 55.2 Å².